The molecule has 5 rings (SSSR count). The fraction of sp³-hybridized carbons (Fsp3) is 0.103. The molecule has 0 aliphatic rings. The third kappa shape index (κ3) is 7.54. The fourth-order valence-corrected chi connectivity index (χ4v) is 4.41. The van der Waals surface area contributed by atoms with Gasteiger partial charge in [0, 0.05) is 40.3 Å². The standard InChI is InChI=1S/C27H20FN3O4S.C2HF3O2/c1-33-24-13-18-20(14-25(24)34-2)29-11-10-22(18)35-23-9-8-17(12-19(23)28)30-26(32)21-15-36-27(31-21)16-6-4-3-5-7-16;3-2(4,5)1(6)7/h3-15H,1-2H3,(H,30,32);(H,6,7). The Labute approximate surface area is 245 Å². The number of benzene rings is 3. The highest BCUT2D eigenvalue weighted by Gasteiger charge is 2.38. The second-order valence-electron chi connectivity index (χ2n) is 8.44. The maximum Gasteiger partial charge on any atom is 0.490 e. The van der Waals surface area contributed by atoms with Crippen LogP contribution < -0.4 is 19.5 Å². The molecule has 2 heterocycles. The summed E-state index contributed by atoms with van der Waals surface area (Å²) in [5, 5.41) is 12.8. The first-order valence-corrected chi connectivity index (χ1v) is 13.0. The van der Waals surface area contributed by atoms with Crippen LogP contribution in [0.15, 0.2) is 78.3 Å². The number of hydrogen-bond donors (Lipinski definition) is 2. The number of hydrogen-bond acceptors (Lipinski definition) is 8. The summed E-state index contributed by atoms with van der Waals surface area (Å²) >= 11 is 1.37. The zero-order chi connectivity index (χ0) is 31.1. The summed E-state index contributed by atoms with van der Waals surface area (Å²) in [6, 6.07) is 18.9. The lowest BCUT2D eigenvalue weighted by Gasteiger charge is -2.13. The van der Waals surface area contributed by atoms with Crippen LogP contribution in [0.25, 0.3) is 21.5 Å². The fourth-order valence-electron chi connectivity index (χ4n) is 3.60. The first-order valence-electron chi connectivity index (χ1n) is 12.1. The number of thiazole rings is 1. The number of amides is 1. The van der Waals surface area contributed by atoms with Crippen molar-refractivity contribution in [3.8, 4) is 33.6 Å². The van der Waals surface area contributed by atoms with Gasteiger partial charge in [-0.05, 0) is 24.3 Å². The van der Waals surface area contributed by atoms with Gasteiger partial charge >= 0.3 is 12.1 Å². The molecule has 2 N–H and O–H groups in total. The molecule has 0 atom stereocenters. The van der Waals surface area contributed by atoms with E-state index in [1.807, 2.05) is 30.3 Å². The van der Waals surface area contributed by atoms with Gasteiger partial charge < -0.3 is 24.6 Å². The van der Waals surface area contributed by atoms with Gasteiger partial charge in [0.15, 0.2) is 23.1 Å². The average Bonchev–Trinajstić information content (AvgIpc) is 3.49. The summed E-state index contributed by atoms with van der Waals surface area (Å²) < 4.78 is 63.2. The number of aromatic nitrogens is 2. The van der Waals surface area contributed by atoms with E-state index >= 15 is 0 Å². The number of carbonyl (C=O) groups excluding carboxylic acids is 1. The Hall–Kier alpha value is -5.24. The number of ether oxygens (including phenoxy) is 3. The Morgan fingerprint density at radius 2 is 1.58 bits per heavy atom. The molecule has 0 unspecified atom stereocenters. The molecular formula is C29H21F4N3O6S. The molecule has 3 aromatic carbocycles. The third-order valence-electron chi connectivity index (χ3n) is 5.62. The normalized spacial score (nSPS) is 10.8. The zero-order valence-corrected chi connectivity index (χ0v) is 23.1. The van der Waals surface area contributed by atoms with Gasteiger partial charge in [-0.25, -0.2) is 14.2 Å². The summed E-state index contributed by atoms with van der Waals surface area (Å²) in [6.45, 7) is 0. The number of carboxylic acid groups (broad SMARTS) is 1. The van der Waals surface area contributed by atoms with Gasteiger partial charge in [0.1, 0.15) is 16.5 Å². The van der Waals surface area contributed by atoms with Gasteiger partial charge in [-0.3, -0.25) is 9.78 Å². The van der Waals surface area contributed by atoms with E-state index in [0.717, 1.165) is 10.6 Å². The van der Waals surface area contributed by atoms with Gasteiger partial charge in [0.05, 0.1) is 19.7 Å². The van der Waals surface area contributed by atoms with Crippen LogP contribution in [-0.2, 0) is 4.79 Å². The molecule has 0 saturated heterocycles. The quantitative estimate of drug-likeness (QED) is 0.185. The van der Waals surface area contributed by atoms with E-state index in [2.05, 4.69) is 15.3 Å². The molecule has 43 heavy (non-hydrogen) atoms. The smallest absolute Gasteiger partial charge is 0.490 e. The largest absolute Gasteiger partial charge is 0.493 e. The van der Waals surface area contributed by atoms with Crippen LogP contribution in [0.5, 0.6) is 23.0 Å². The van der Waals surface area contributed by atoms with E-state index in [4.69, 9.17) is 24.1 Å². The Morgan fingerprint density at radius 1 is 0.907 bits per heavy atom. The predicted molar refractivity (Wildman–Crippen MR) is 151 cm³/mol. The molecule has 0 radical (unpaired) electrons. The van der Waals surface area contributed by atoms with E-state index in [0.29, 0.717) is 28.2 Å². The number of anilines is 1. The number of carbonyl (C=O) groups is 2. The topological polar surface area (TPSA) is 120 Å². The third-order valence-corrected chi connectivity index (χ3v) is 6.51. The summed E-state index contributed by atoms with van der Waals surface area (Å²) in [6.07, 6.45) is -3.52. The van der Waals surface area contributed by atoms with Gasteiger partial charge in [0.2, 0.25) is 0 Å². The second-order valence-corrected chi connectivity index (χ2v) is 9.30. The van der Waals surface area contributed by atoms with Crippen molar-refractivity contribution in [1.82, 2.24) is 9.97 Å². The average molecular weight is 616 g/mol. The van der Waals surface area contributed by atoms with Crippen molar-refractivity contribution < 1.29 is 46.5 Å². The van der Waals surface area contributed by atoms with E-state index in [1.54, 1.807) is 35.8 Å². The van der Waals surface area contributed by atoms with Crippen LogP contribution in [0, 0.1) is 5.82 Å². The molecule has 0 fully saturated rings. The molecular weight excluding hydrogens is 594 g/mol. The lowest BCUT2D eigenvalue weighted by Crippen LogP contribution is -2.21. The first kappa shape index (κ1) is 30.7. The lowest BCUT2D eigenvalue weighted by atomic mass is 10.2. The number of carboxylic acids is 1. The Bertz CT molecular complexity index is 1760. The van der Waals surface area contributed by atoms with E-state index in [9.17, 15) is 22.4 Å². The second kappa shape index (κ2) is 13.2. The van der Waals surface area contributed by atoms with Crippen LogP contribution in [0.2, 0.25) is 0 Å². The Morgan fingerprint density at radius 3 is 2.21 bits per heavy atom. The molecule has 0 spiro atoms. The molecule has 222 valence electrons. The van der Waals surface area contributed by atoms with Gasteiger partial charge in [-0.15, -0.1) is 11.3 Å². The van der Waals surface area contributed by atoms with Crippen molar-refractivity contribution in [1.29, 1.82) is 0 Å². The van der Waals surface area contributed by atoms with Gasteiger partial charge in [0.25, 0.3) is 5.91 Å². The van der Waals surface area contributed by atoms with E-state index in [-0.39, 0.29) is 17.1 Å². The van der Waals surface area contributed by atoms with Crippen molar-refractivity contribution in [3.05, 3.63) is 89.8 Å². The van der Waals surface area contributed by atoms with Crippen molar-refractivity contribution in [2.45, 2.75) is 6.18 Å². The van der Waals surface area contributed by atoms with Crippen LogP contribution in [0.4, 0.5) is 23.2 Å². The highest BCUT2D eigenvalue weighted by molar-refractivity contribution is 7.13. The maximum atomic E-state index is 14.9. The van der Waals surface area contributed by atoms with Crippen molar-refractivity contribution in [2.24, 2.45) is 0 Å². The van der Waals surface area contributed by atoms with Crippen LogP contribution in [0.3, 0.4) is 0 Å². The van der Waals surface area contributed by atoms with Crippen molar-refractivity contribution in [2.75, 3.05) is 19.5 Å². The van der Waals surface area contributed by atoms with Crippen LogP contribution in [0.1, 0.15) is 10.5 Å². The highest BCUT2D eigenvalue weighted by atomic mass is 32.1. The minimum atomic E-state index is -5.08. The SMILES string of the molecule is COc1cc2nccc(Oc3ccc(NC(=O)c4csc(-c5ccccc5)n4)cc3F)c2cc1OC.O=C(O)C(F)(F)F. The number of alkyl halides is 3. The molecule has 9 nitrogen and oxygen atoms in total. The highest BCUT2D eigenvalue weighted by Crippen LogP contribution is 2.37. The van der Waals surface area contributed by atoms with Crippen LogP contribution in [-0.4, -0.2) is 47.3 Å². The molecule has 14 heteroatoms. The van der Waals surface area contributed by atoms with E-state index in [1.165, 1.54) is 37.7 Å². The maximum absolute atomic E-state index is 14.9. The molecule has 2 aromatic heterocycles. The zero-order valence-electron chi connectivity index (χ0n) is 22.3. The summed E-state index contributed by atoms with van der Waals surface area (Å²) in [5.74, 6) is -2.41. The monoisotopic (exact) mass is 615 g/mol. The Balaban J connectivity index is 0.000000541. The number of halogens is 4. The molecule has 0 aliphatic carbocycles. The summed E-state index contributed by atoms with van der Waals surface area (Å²) in [5.41, 5.74) is 2.07. The molecule has 0 aliphatic heterocycles. The lowest BCUT2D eigenvalue weighted by molar-refractivity contribution is -0.192. The summed E-state index contributed by atoms with van der Waals surface area (Å²) in [4.78, 5) is 30.3. The minimum Gasteiger partial charge on any atom is -0.493 e. The van der Waals surface area contributed by atoms with Crippen molar-refractivity contribution in [3.63, 3.8) is 0 Å². The number of pyridine rings is 1. The first-order chi connectivity index (χ1) is 20.5. The van der Waals surface area contributed by atoms with Crippen LogP contribution >= 0.6 is 11.3 Å². The molecule has 0 saturated carbocycles. The number of rotatable bonds is 7. The number of methoxy groups -OCH3 is 2. The number of aliphatic carboxylic acids is 1. The van der Waals surface area contributed by atoms with E-state index < -0.39 is 23.9 Å². The van der Waals surface area contributed by atoms with Gasteiger partial charge in [-0.1, -0.05) is 30.3 Å². The number of fused-ring (bicyclic) bond motifs is 1. The van der Waals surface area contributed by atoms with Crippen molar-refractivity contribution >= 4 is 39.8 Å². The molecule has 0 bridgehead atoms. The molecule has 1 amide bonds. The summed E-state index contributed by atoms with van der Waals surface area (Å²) in [7, 11) is 3.07. The Kier molecular flexibility index (Phi) is 9.40. The molecule has 5 aromatic rings. The number of nitrogens with one attached hydrogen (secondary N) is 1. The number of nitrogens with zero attached hydrogens (tertiary/aromatic N) is 2. The van der Waals surface area contributed by atoms with Gasteiger partial charge in [-0.2, -0.15) is 13.2 Å². The predicted octanol–water partition coefficient (Wildman–Crippen LogP) is 7.19. The minimum absolute atomic E-state index is 0.00435.